The average molecular weight is 1070 g/mol. The highest BCUT2D eigenvalue weighted by atomic mass is 31.2. The van der Waals surface area contributed by atoms with Crippen molar-refractivity contribution in [3.8, 4) is 0 Å². The summed E-state index contributed by atoms with van der Waals surface area (Å²) in [6.45, 7) is 4.73. The fourth-order valence-corrected chi connectivity index (χ4v) is 10.4. The quantitative estimate of drug-likeness (QED) is 0.0259. The molecule has 0 radical (unpaired) electrons. The summed E-state index contributed by atoms with van der Waals surface area (Å²) in [6, 6.07) is 0. The third-order valence-electron chi connectivity index (χ3n) is 14.5. The molecule has 3 atom stereocenters. The Bertz CT molecular complexity index is 1250. The Morgan fingerprint density at radius 3 is 0.797 bits per heavy atom. The molecule has 0 spiro atoms. The molecule has 0 aromatic carbocycles. The van der Waals surface area contributed by atoms with Gasteiger partial charge >= 0.3 is 25.7 Å². The lowest BCUT2D eigenvalue weighted by molar-refractivity contribution is -0.161. The minimum absolute atomic E-state index is 0.179. The molecule has 0 heterocycles. The topological polar surface area (TPSA) is 155 Å². The standard InChI is InChI=1S/C62H121O11P/c1-4-7-10-13-16-19-22-24-26-28-29-31-32-34-37-39-42-45-48-51-60(64)69-55-59(73-62(66)53-50-47-44-41-38-35-33-30-27-25-23-20-17-14-11-8-5-2)57-71-74(67,68)70-56-58(54-63)72-61(65)52-49-46-43-40-36-21-18-15-12-9-6-3/h58-59,63H,4-57H2,1-3H3,(H,67,68). The Balaban J connectivity index is 4.62. The molecule has 12 heteroatoms. The van der Waals surface area contributed by atoms with Gasteiger partial charge in [-0.05, 0) is 19.3 Å². The van der Waals surface area contributed by atoms with E-state index in [1.165, 1.54) is 225 Å². The van der Waals surface area contributed by atoms with Crippen molar-refractivity contribution in [1.82, 2.24) is 0 Å². The SMILES string of the molecule is CCCCCCCCCCCCCCCCCCCCCC(=O)OCC(COP(=O)(O)OCC(CO)OC(=O)CCCCCCCCCCCCC)OC(=O)CCCCCCCCCCCCCCCCCCC. The molecule has 0 aromatic heterocycles. The molecular formula is C62H121O11P. The molecule has 74 heavy (non-hydrogen) atoms. The molecule has 0 aliphatic heterocycles. The van der Waals surface area contributed by atoms with Gasteiger partial charge in [0.1, 0.15) is 12.7 Å². The number of esters is 3. The summed E-state index contributed by atoms with van der Waals surface area (Å²) in [5, 5.41) is 9.81. The Kier molecular flexibility index (Phi) is 56.5. The Hall–Kier alpha value is -1.52. The van der Waals surface area contributed by atoms with Gasteiger partial charge in [-0.3, -0.25) is 23.4 Å². The van der Waals surface area contributed by atoms with E-state index in [1.54, 1.807) is 0 Å². The van der Waals surface area contributed by atoms with E-state index in [0.29, 0.717) is 19.3 Å². The van der Waals surface area contributed by atoms with Crippen LogP contribution in [-0.2, 0) is 42.2 Å². The first-order chi connectivity index (χ1) is 36.2. The highest BCUT2D eigenvalue weighted by molar-refractivity contribution is 7.47. The van der Waals surface area contributed by atoms with E-state index >= 15 is 0 Å². The van der Waals surface area contributed by atoms with Crippen LogP contribution in [0.1, 0.15) is 342 Å². The summed E-state index contributed by atoms with van der Waals surface area (Å²) in [5.41, 5.74) is 0. The highest BCUT2D eigenvalue weighted by Crippen LogP contribution is 2.43. The minimum Gasteiger partial charge on any atom is -0.462 e. The molecule has 0 aromatic rings. The normalized spacial score (nSPS) is 13.2. The van der Waals surface area contributed by atoms with E-state index < -0.39 is 57.8 Å². The van der Waals surface area contributed by atoms with Crippen molar-refractivity contribution in [1.29, 1.82) is 0 Å². The predicted octanol–water partition coefficient (Wildman–Crippen LogP) is 19.0. The Morgan fingerprint density at radius 1 is 0.324 bits per heavy atom. The van der Waals surface area contributed by atoms with Crippen molar-refractivity contribution in [3.05, 3.63) is 0 Å². The van der Waals surface area contributed by atoms with Gasteiger partial charge in [-0.2, -0.15) is 0 Å². The first-order valence-electron chi connectivity index (χ1n) is 31.9. The van der Waals surface area contributed by atoms with Crippen molar-refractivity contribution < 1.29 is 52.2 Å². The van der Waals surface area contributed by atoms with Gasteiger partial charge in [0.05, 0.1) is 19.8 Å². The van der Waals surface area contributed by atoms with Crippen molar-refractivity contribution in [2.24, 2.45) is 0 Å². The minimum atomic E-state index is -4.74. The smallest absolute Gasteiger partial charge is 0.462 e. The van der Waals surface area contributed by atoms with E-state index in [2.05, 4.69) is 20.8 Å². The van der Waals surface area contributed by atoms with Crippen LogP contribution in [0.4, 0.5) is 0 Å². The molecule has 0 amide bonds. The maximum atomic E-state index is 12.9. The fraction of sp³-hybridized carbons (Fsp3) is 0.952. The van der Waals surface area contributed by atoms with Gasteiger partial charge in [0.25, 0.3) is 0 Å². The van der Waals surface area contributed by atoms with Gasteiger partial charge in [0.15, 0.2) is 6.10 Å². The lowest BCUT2D eigenvalue weighted by atomic mass is 10.0. The van der Waals surface area contributed by atoms with E-state index in [4.69, 9.17) is 23.3 Å². The molecule has 0 saturated heterocycles. The van der Waals surface area contributed by atoms with E-state index in [1.807, 2.05) is 0 Å². The number of hydrogen-bond acceptors (Lipinski definition) is 10. The molecule has 440 valence electrons. The molecule has 2 N–H and O–H groups in total. The number of carbonyl (C=O) groups excluding carboxylic acids is 3. The third-order valence-corrected chi connectivity index (χ3v) is 15.5. The van der Waals surface area contributed by atoms with Crippen LogP contribution in [0.5, 0.6) is 0 Å². The number of aliphatic hydroxyl groups excluding tert-OH is 1. The van der Waals surface area contributed by atoms with Crippen molar-refractivity contribution >= 4 is 25.7 Å². The van der Waals surface area contributed by atoms with E-state index in [-0.39, 0.29) is 25.9 Å². The number of rotatable bonds is 61. The lowest BCUT2D eigenvalue weighted by Gasteiger charge is -2.21. The van der Waals surface area contributed by atoms with E-state index in [9.17, 15) is 28.9 Å². The van der Waals surface area contributed by atoms with Crippen molar-refractivity contribution in [3.63, 3.8) is 0 Å². The van der Waals surface area contributed by atoms with Gasteiger partial charge in [-0.1, -0.05) is 303 Å². The first kappa shape index (κ1) is 72.5. The van der Waals surface area contributed by atoms with Crippen molar-refractivity contribution in [2.75, 3.05) is 26.4 Å². The number of phosphoric acid groups is 1. The fourth-order valence-electron chi connectivity index (χ4n) is 9.66. The number of unbranched alkanes of at least 4 members (excludes halogenated alkanes) is 44. The first-order valence-corrected chi connectivity index (χ1v) is 33.4. The second-order valence-corrected chi connectivity index (χ2v) is 23.4. The number of aliphatic hydroxyl groups is 1. The largest absolute Gasteiger partial charge is 0.472 e. The third kappa shape index (κ3) is 55.2. The molecule has 0 aliphatic rings. The number of phosphoric ester groups is 1. The monoisotopic (exact) mass is 1070 g/mol. The number of ether oxygens (including phenoxy) is 3. The zero-order chi connectivity index (χ0) is 54.1. The maximum Gasteiger partial charge on any atom is 0.472 e. The van der Waals surface area contributed by atoms with Crippen LogP contribution in [0.25, 0.3) is 0 Å². The molecule has 11 nitrogen and oxygen atoms in total. The van der Waals surface area contributed by atoms with Gasteiger partial charge in [-0.15, -0.1) is 0 Å². The van der Waals surface area contributed by atoms with Crippen LogP contribution < -0.4 is 0 Å². The second kappa shape index (κ2) is 57.6. The number of hydrogen-bond donors (Lipinski definition) is 2. The van der Waals surface area contributed by atoms with Crippen LogP contribution >= 0.6 is 7.82 Å². The summed E-state index contributed by atoms with van der Waals surface area (Å²) in [5.74, 6) is -1.42. The molecule has 0 bridgehead atoms. The molecular weight excluding hydrogens is 952 g/mol. The Labute approximate surface area is 456 Å². The lowest BCUT2D eigenvalue weighted by Crippen LogP contribution is -2.30. The summed E-state index contributed by atoms with van der Waals surface area (Å²) < 4.78 is 39.6. The molecule has 0 fully saturated rings. The van der Waals surface area contributed by atoms with Crippen molar-refractivity contribution in [2.45, 2.75) is 354 Å². The average Bonchev–Trinajstić information content (AvgIpc) is 3.39. The molecule has 0 aliphatic carbocycles. The summed E-state index contributed by atoms with van der Waals surface area (Å²) >= 11 is 0. The molecule has 3 unspecified atom stereocenters. The van der Waals surface area contributed by atoms with Crippen LogP contribution in [0.2, 0.25) is 0 Å². The highest BCUT2D eigenvalue weighted by Gasteiger charge is 2.28. The molecule has 0 rings (SSSR count). The van der Waals surface area contributed by atoms with Crippen LogP contribution in [0, 0.1) is 0 Å². The van der Waals surface area contributed by atoms with Gasteiger partial charge in [0.2, 0.25) is 0 Å². The summed E-state index contributed by atoms with van der Waals surface area (Å²) in [4.78, 5) is 48.6. The predicted molar refractivity (Wildman–Crippen MR) is 307 cm³/mol. The van der Waals surface area contributed by atoms with Crippen LogP contribution in [0.3, 0.4) is 0 Å². The van der Waals surface area contributed by atoms with Gasteiger partial charge in [0, 0.05) is 19.3 Å². The summed E-state index contributed by atoms with van der Waals surface area (Å²) in [6.07, 6.45) is 56.3. The van der Waals surface area contributed by atoms with Crippen LogP contribution in [-0.4, -0.2) is 66.5 Å². The Morgan fingerprint density at radius 2 is 0.541 bits per heavy atom. The zero-order valence-electron chi connectivity index (χ0n) is 48.9. The zero-order valence-corrected chi connectivity index (χ0v) is 49.7. The van der Waals surface area contributed by atoms with E-state index in [0.717, 1.165) is 57.8 Å². The number of carbonyl (C=O) groups is 3. The second-order valence-electron chi connectivity index (χ2n) is 22.0. The molecule has 0 saturated carbocycles. The van der Waals surface area contributed by atoms with Gasteiger partial charge < -0.3 is 24.2 Å². The van der Waals surface area contributed by atoms with Gasteiger partial charge in [-0.25, -0.2) is 4.57 Å². The maximum absolute atomic E-state index is 12.9. The van der Waals surface area contributed by atoms with Crippen LogP contribution in [0.15, 0.2) is 0 Å². The summed E-state index contributed by atoms with van der Waals surface area (Å²) in [7, 11) is -4.74.